The van der Waals surface area contributed by atoms with Gasteiger partial charge in [-0.2, -0.15) is 0 Å². The first-order chi connectivity index (χ1) is 48.9. The van der Waals surface area contributed by atoms with Crippen LogP contribution >= 0.6 is 0 Å². The minimum absolute atomic E-state index is 0.367. The van der Waals surface area contributed by atoms with E-state index >= 15 is 0 Å². The molecule has 0 amide bonds. The molecule has 98 heavy (non-hydrogen) atoms. The number of hydrogen-bond acceptors (Lipinski definition) is 0. The molecule has 4 bridgehead atoms. The van der Waals surface area contributed by atoms with Crippen molar-refractivity contribution in [3.63, 3.8) is 0 Å². The molecule has 4 aliphatic rings. The largest absolute Gasteiger partial charge is 0.216 e. The zero-order chi connectivity index (χ0) is 74.7. The third-order valence-electron chi connectivity index (χ3n) is 22.3. The first-order valence-corrected chi connectivity index (χ1v) is 36.8. The van der Waals surface area contributed by atoms with E-state index in [0.717, 1.165) is 77.7 Å². The second-order valence-electron chi connectivity index (χ2n) is 28.8. The van der Waals surface area contributed by atoms with Crippen LogP contribution in [0.15, 0.2) is 195 Å². The lowest BCUT2D eigenvalue weighted by atomic mass is 9.79. The molecule has 0 N–H and O–H groups in total. The quantitative estimate of drug-likeness (QED) is 0.0967. The second-order valence-corrected chi connectivity index (χ2v) is 28.8. The molecule has 4 aliphatic carbocycles. The summed E-state index contributed by atoms with van der Waals surface area (Å²) < 4.78 is 55.6. The fourth-order valence-corrected chi connectivity index (χ4v) is 16.4. The standard InChI is InChI=1S/C20H24N.C19H26N.C18H20N.2C18H24N/c1-13-7-5-6-8-14(13)19-18-15(11-12-21(19)4)16-9-10-17(18)20(16,2)3;1-6-16(7-2)18-13-20(5)19(12-15(18)4)17-11-9-8-10-14(17)3;1-12-5-3-4-6-15(12)18-17-14-8-7-13(11-14)16(17)9-10-19(18)2;2*1-5-15(6-2)16-11-12-18(19(4)13-16)17-10-8-7-9-14(17)3/h5-8,11-12,16-17H,9-10H2,1-4H3;8-13,16H,6-7H2,1-5H3;3-6,9-10,13-14H,7-8,11H2,1-2H3;2*7-13,15H,5-6H2,1-4H3/q5*+1/i16D,17D;;13D,14D;15D;. The van der Waals surface area contributed by atoms with Gasteiger partial charge in [-0.15, -0.1) is 0 Å². The first-order valence-electron chi connectivity index (χ1n) is 39.3. The van der Waals surface area contributed by atoms with Crippen molar-refractivity contribution in [2.45, 2.75) is 209 Å². The number of rotatable bonds is 14. The maximum atomic E-state index is 9.30. The fourth-order valence-electron chi connectivity index (χ4n) is 16.4. The van der Waals surface area contributed by atoms with Gasteiger partial charge in [0.15, 0.2) is 31.0 Å². The second kappa shape index (κ2) is 32.2. The summed E-state index contributed by atoms with van der Waals surface area (Å²) in [6, 6.07) is 57.7. The van der Waals surface area contributed by atoms with Gasteiger partial charge in [-0.3, -0.25) is 0 Å². The lowest BCUT2D eigenvalue weighted by Gasteiger charge is -2.24. The van der Waals surface area contributed by atoms with Crippen molar-refractivity contribution >= 4 is 0 Å². The van der Waals surface area contributed by atoms with Crippen LogP contribution in [0.2, 0.25) is 0 Å². The molecule has 0 spiro atoms. The van der Waals surface area contributed by atoms with Crippen molar-refractivity contribution < 1.29 is 29.7 Å². The van der Waals surface area contributed by atoms with Gasteiger partial charge in [0, 0.05) is 92.8 Å². The maximum Gasteiger partial charge on any atom is 0.216 e. The van der Waals surface area contributed by atoms with Crippen LogP contribution in [0.1, 0.15) is 247 Å². The van der Waals surface area contributed by atoms with Crippen molar-refractivity contribution in [1.29, 1.82) is 0 Å². The Morgan fingerprint density at radius 3 is 1.24 bits per heavy atom. The Kier molecular flexibility index (Phi) is 21.6. The third-order valence-corrected chi connectivity index (χ3v) is 22.3. The molecule has 510 valence electrons. The smallest absolute Gasteiger partial charge is 0.201 e. The van der Waals surface area contributed by atoms with Crippen LogP contribution < -0.4 is 22.8 Å². The summed E-state index contributed by atoms with van der Waals surface area (Å²) in [4.78, 5) is 0. The van der Waals surface area contributed by atoms with Gasteiger partial charge in [0.25, 0.3) is 0 Å². The molecule has 2 saturated carbocycles. The predicted octanol–water partition coefficient (Wildman–Crippen LogP) is 21.8. The molecule has 5 aromatic carbocycles. The average Bonchev–Trinajstić information content (AvgIpc) is 1.50. The summed E-state index contributed by atoms with van der Waals surface area (Å²) in [5.41, 5.74) is 28.1. The SMILES string of the molecule is CCC(CC)c1c[n+](C)c(-c2ccccc2C)cc1C.CCC(CC)c1ccc(-c2ccccc2C)[n+](C)c1.[2H]C(CC)(CC)c1ccc(-c2ccccc2C)[n+](C)c1.[2H]C12CCC([2H])(C1)c1c2cc[n+](C)c1-c1ccccc1C.[2H]C12CCC([2H])(c3c1cc[n+](C)c3-c1ccccc1C)C2(C)C. The maximum absolute atomic E-state index is 9.30. The summed E-state index contributed by atoms with van der Waals surface area (Å²) in [7, 11) is 10.5. The minimum atomic E-state index is -0.680. The van der Waals surface area contributed by atoms with Crippen molar-refractivity contribution in [3.8, 4) is 56.3 Å². The Morgan fingerprint density at radius 1 is 0.388 bits per heavy atom. The number of hydrogen-bond donors (Lipinski definition) is 0. The van der Waals surface area contributed by atoms with Crippen LogP contribution in [0.25, 0.3) is 56.3 Å². The molecule has 5 nitrogen and oxygen atoms in total. The van der Waals surface area contributed by atoms with Gasteiger partial charge in [-0.25, -0.2) is 22.8 Å². The van der Waals surface area contributed by atoms with E-state index in [9.17, 15) is 1.37 Å². The van der Waals surface area contributed by atoms with E-state index in [2.05, 4.69) is 343 Å². The predicted molar refractivity (Wildman–Crippen MR) is 411 cm³/mol. The molecular formula is C93H118N5+5. The number of aryl methyl sites for hydroxylation is 11. The normalized spacial score (nSPS) is 20.4. The highest BCUT2D eigenvalue weighted by molar-refractivity contribution is 5.70. The molecule has 0 saturated heterocycles. The van der Waals surface area contributed by atoms with E-state index in [-0.39, 0.29) is 5.41 Å². The van der Waals surface area contributed by atoms with Crippen molar-refractivity contribution in [2.24, 2.45) is 40.7 Å². The van der Waals surface area contributed by atoms with Crippen molar-refractivity contribution in [3.05, 3.63) is 267 Å². The number of benzene rings is 5. The number of nitrogens with zero attached hydrogens (tertiary/aromatic N) is 5. The number of fused-ring (bicyclic) bond motifs is 10. The molecular weight excluding hydrogens is 1190 g/mol. The van der Waals surface area contributed by atoms with E-state index in [0.29, 0.717) is 18.3 Å². The Morgan fingerprint density at radius 2 is 0.786 bits per heavy atom. The molecule has 5 aromatic heterocycles. The molecule has 4 unspecified atom stereocenters. The molecule has 5 heterocycles. The molecule has 4 atom stereocenters. The van der Waals surface area contributed by atoms with Crippen LogP contribution in [0.3, 0.4) is 0 Å². The monoisotopic (exact) mass is 1310 g/mol. The van der Waals surface area contributed by atoms with Gasteiger partial charge in [0.1, 0.15) is 35.2 Å². The van der Waals surface area contributed by atoms with Crippen molar-refractivity contribution in [2.75, 3.05) is 0 Å². The van der Waals surface area contributed by atoms with Gasteiger partial charge in [0.2, 0.25) is 28.5 Å². The van der Waals surface area contributed by atoms with Crippen LogP contribution in [-0.2, 0) is 35.2 Å². The van der Waals surface area contributed by atoms with Gasteiger partial charge < -0.3 is 0 Å². The highest BCUT2D eigenvalue weighted by Gasteiger charge is 2.54. The lowest BCUT2D eigenvalue weighted by molar-refractivity contribution is -0.661. The van der Waals surface area contributed by atoms with E-state index in [1.807, 2.05) is 7.05 Å². The van der Waals surface area contributed by atoms with Gasteiger partial charge >= 0.3 is 0 Å². The highest BCUT2D eigenvalue weighted by atomic mass is 14.9. The molecule has 2 fully saturated rings. The van der Waals surface area contributed by atoms with Gasteiger partial charge in [0.05, 0.1) is 0 Å². The Bertz CT molecular complexity index is 4700. The third kappa shape index (κ3) is 15.2. The molecule has 0 aliphatic heterocycles. The lowest BCUT2D eigenvalue weighted by Crippen LogP contribution is -2.33. The van der Waals surface area contributed by atoms with E-state index in [4.69, 9.17) is 5.48 Å². The van der Waals surface area contributed by atoms with Crippen molar-refractivity contribution in [1.82, 2.24) is 0 Å². The van der Waals surface area contributed by atoms with Crippen LogP contribution in [-0.4, -0.2) is 0 Å². The van der Waals surface area contributed by atoms with Gasteiger partial charge in [-0.1, -0.05) is 146 Å². The van der Waals surface area contributed by atoms with Crippen LogP contribution in [0.4, 0.5) is 0 Å². The summed E-state index contributed by atoms with van der Waals surface area (Å²) in [5, 5.41) is 0. The van der Waals surface area contributed by atoms with E-state index in [1.54, 1.807) is 0 Å². The fraction of sp³-hybridized carbons (Fsp3) is 0.409. The average molecular weight is 1310 g/mol. The Hall–Kier alpha value is -8.15. The van der Waals surface area contributed by atoms with Crippen LogP contribution in [0.5, 0.6) is 0 Å². The molecule has 0 radical (unpaired) electrons. The molecule has 14 rings (SSSR count). The topological polar surface area (TPSA) is 19.4 Å². The zero-order valence-electron chi connectivity index (χ0n) is 68.1. The summed E-state index contributed by atoms with van der Waals surface area (Å²) in [6.07, 6.45) is 21.2. The summed E-state index contributed by atoms with van der Waals surface area (Å²) in [6.45, 7) is 30.5. The molecule has 5 heteroatoms. The summed E-state index contributed by atoms with van der Waals surface area (Å²) >= 11 is 0. The number of pyridine rings is 5. The summed E-state index contributed by atoms with van der Waals surface area (Å²) in [5.74, 6) is -1.56. The zero-order valence-corrected chi connectivity index (χ0v) is 63.1. The van der Waals surface area contributed by atoms with Crippen LogP contribution in [0, 0.1) is 47.0 Å². The van der Waals surface area contributed by atoms with Gasteiger partial charge in [-0.05, 0) is 246 Å². The minimum Gasteiger partial charge on any atom is -0.201 e. The Labute approximate surface area is 599 Å². The number of aromatic nitrogens is 5. The highest BCUT2D eigenvalue weighted by Crippen LogP contribution is 2.65. The first kappa shape index (κ1) is 65.8. The molecule has 10 aromatic rings. The van der Waals surface area contributed by atoms with E-state index < -0.39 is 29.5 Å². The Balaban J connectivity index is 0.000000139. The van der Waals surface area contributed by atoms with E-state index in [1.165, 1.54) is 115 Å².